The maximum Gasteiger partial charge on any atom is 0.241 e. The van der Waals surface area contributed by atoms with E-state index >= 15 is 0 Å². The first-order valence-corrected chi connectivity index (χ1v) is 10.0. The first-order valence-electron chi connectivity index (χ1n) is 8.47. The third-order valence-corrected chi connectivity index (χ3v) is 4.93. The zero-order chi connectivity index (χ0) is 19.4. The van der Waals surface area contributed by atoms with Gasteiger partial charge in [-0.2, -0.15) is 5.10 Å². The molecule has 0 atom stereocenters. The second-order valence-electron chi connectivity index (χ2n) is 7.28. The number of nitrogens with two attached hydrogens (primary N) is 1. The number of aryl methyl sites for hydroxylation is 1. The van der Waals surface area contributed by atoms with Crippen LogP contribution in [0.25, 0.3) is 0 Å². The van der Waals surface area contributed by atoms with E-state index in [1.165, 1.54) is 28.2 Å². The Morgan fingerprint density at radius 3 is 2.42 bits per heavy atom. The van der Waals surface area contributed by atoms with Gasteiger partial charge < -0.3 is 5.32 Å². The fourth-order valence-electron chi connectivity index (χ4n) is 2.44. The minimum atomic E-state index is -3.76. The topological polar surface area (TPSA) is 107 Å². The number of benzene rings is 1. The number of sulfonamides is 1. The molecular weight excluding hydrogens is 352 g/mol. The Balaban J connectivity index is 1.74. The van der Waals surface area contributed by atoms with Crippen LogP contribution in [-0.4, -0.2) is 30.7 Å². The van der Waals surface area contributed by atoms with Gasteiger partial charge in [0, 0.05) is 25.7 Å². The van der Waals surface area contributed by atoms with Gasteiger partial charge in [-0.25, -0.2) is 13.6 Å². The fraction of sp³-hybridized carbons (Fsp3) is 0.444. The van der Waals surface area contributed by atoms with Gasteiger partial charge in [0.05, 0.1) is 6.20 Å². The third kappa shape index (κ3) is 5.96. The summed E-state index contributed by atoms with van der Waals surface area (Å²) in [5.41, 5.74) is 2.58. The highest BCUT2D eigenvalue weighted by atomic mass is 32.2. The van der Waals surface area contributed by atoms with E-state index in [2.05, 4.69) is 55.5 Å². The van der Waals surface area contributed by atoms with E-state index in [4.69, 9.17) is 5.14 Å². The second-order valence-corrected chi connectivity index (χ2v) is 8.84. The molecular formula is C18H26N4O3S. The van der Waals surface area contributed by atoms with Crippen LogP contribution in [0.15, 0.2) is 41.6 Å². The number of rotatable bonds is 7. The van der Waals surface area contributed by atoms with Crippen LogP contribution < -0.4 is 10.5 Å². The molecule has 8 heteroatoms. The molecule has 0 spiro atoms. The van der Waals surface area contributed by atoms with Crippen LogP contribution in [0.1, 0.15) is 38.3 Å². The van der Waals surface area contributed by atoms with E-state index in [1.54, 1.807) is 0 Å². The highest BCUT2D eigenvalue weighted by Crippen LogP contribution is 2.22. The first kappa shape index (κ1) is 20.1. The van der Waals surface area contributed by atoms with Gasteiger partial charge in [0.1, 0.15) is 4.90 Å². The number of carbonyl (C=O) groups is 1. The van der Waals surface area contributed by atoms with Crippen LogP contribution in [-0.2, 0) is 33.2 Å². The monoisotopic (exact) mass is 378 g/mol. The first-order chi connectivity index (χ1) is 12.1. The van der Waals surface area contributed by atoms with E-state index in [-0.39, 0.29) is 22.6 Å². The summed E-state index contributed by atoms with van der Waals surface area (Å²) < 4.78 is 23.8. The molecule has 3 N–H and O–H groups in total. The third-order valence-electron chi connectivity index (χ3n) is 4.06. The molecule has 1 aromatic heterocycles. The highest BCUT2D eigenvalue weighted by Gasteiger charge is 2.13. The average molecular weight is 378 g/mol. The molecule has 0 saturated heterocycles. The molecule has 0 saturated carbocycles. The Kier molecular flexibility index (Phi) is 6.20. The van der Waals surface area contributed by atoms with Gasteiger partial charge >= 0.3 is 0 Å². The predicted octanol–water partition coefficient (Wildman–Crippen LogP) is 1.58. The van der Waals surface area contributed by atoms with Gasteiger partial charge in [-0.3, -0.25) is 9.48 Å². The highest BCUT2D eigenvalue weighted by molar-refractivity contribution is 7.89. The van der Waals surface area contributed by atoms with E-state index in [9.17, 15) is 13.2 Å². The van der Waals surface area contributed by atoms with Crippen molar-refractivity contribution in [2.45, 2.75) is 50.5 Å². The van der Waals surface area contributed by atoms with Gasteiger partial charge in [-0.05, 0) is 23.0 Å². The molecule has 0 fully saturated rings. The number of aromatic nitrogens is 2. The van der Waals surface area contributed by atoms with E-state index < -0.39 is 10.0 Å². The van der Waals surface area contributed by atoms with Crippen molar-refractivity contribution in [3.8, 4) is 0 Å². The van der Waals surface area contributed by atoms with Crippen molar-refractivity contribution in [3.05, 3.63) is 47.8 Å². The number of hydrogen-bond donors (Lipinski definition) is 2. The van der Waals surface area contributed by atoms with Crippen LogP contribution in [0.5, 0.6) is 0 Å². The van der Waals surface area contributed by atoms with E-state index in [0.717, 1.165) is 6.42 Å². The van der Waals surface area contributed by atoms with Crippen LogP contribution in [0.2, 0.25) is 0 Å². The summed E-state index contributed by atoms with van der Waals surface area (Å²) in [6, 6.07) is 8.42. The van der Waals surface area contributed by atoms with Crippen molar-refractivity contribution in [1.82, 2.24) is 15.1 Å². The lowest BCUT2D eigenvalue weighted by Crippen LogP contribution is -2.26. The molecule has 0 radical (unpaired) electrons. The minimum Gasteiger partial charge on any atom is -0.356 e. The Labute approximate surface area is 154 Å². The smallest absolute Gasteiger partial charge is 0.241 e. The predicted molar refractivity (Wildman–Crippen MR) is 100 cm³/mol. The largest absolute Gasteiger partial charge is 0.356 e. The Morgan fingerprint density at radius 1 is 1.23 bits per heavy atom. The average Bonchev–Trinajstić information content (AvgIpc) is 3.02. The van der Waals surface area contributed by atoms with Gasteiger partial charge in [0.2, 0.25) is 15.9 Å². The summed E-state index contributed by atoms with van der Waals surface area (Å²) in [5, 5.41) is 11.8. The van der Waals surface area contributed by atoms with E-state index in [0.29, 0.717) is 13.1 Å². The number of nitrogens with one attached hydrogen (secondary N) is 1. The van der Waals surface area contributed by atoms with Crippen LogP contribution in [0.3, 0.4) is 0 Å². The van der Waals surface area contributed by atoms with Gasteiger partial charge in [0.25, 0.3) is 0 Å². The normalized spacial score (nSPS) is 12.2. The molecule has 2 rings (SSSR count). The van der Waals surface area contributed by atoms with Crippen molar-refractivity contribution in [1.29, 1.82) is 0 Å². The fourth-order valence-corrected chi connectivity index (χ4v) is 2.90. The van der Waals surface area contributed by atoms with Crippen molar-refractivity contribution in [3.63, 3.8) is 0 Å². The Hall–Kier alpha value is -2.19. The molecule has 0 aliphatic carbocycles. The summed E-state index contributed by atoms with van der Waals surface area (Å²) >= 11 is 0. The molecule has 0 aliphatic rings. The lowest BCUT2D eigenvalue weighted by Gasteiger charge is -2.19. The second kappa shape index (κ2) is 8.01. The maximum absolute atomic E-state index is 11.9. The van der Waals surface area contributed by atoms with Gasteiger partial charge in [-0.1, -0.05) is 45.0 Å². The minimum absolute atomic E-state index is 0.0587. The van der Waals surface area contributed by atoms with Crippen molar-refractivity contribution < 1.29 is 13.2 Å². The summed E-state index contributed by atoms with van der Waals surface area (Å²) in [6.07, 6.45) is 3.47. The number of carbonyl (C=O) groups excluding carboxylic acids is 1. The van der Waals surface area contributed by atoms with Crippen molar-refractivity contribution in [2.24, 2.45) is 5.14 Å². The molecule has 1 heterocycles. The summed E-state index contributed by atoms with van der Waals surface area (Å²) in [6.45, 7) is 7.37. The lowest BCUT2D eigenvalue weighted by atomic mass is 9.86. The zero-order valence-corrected chi connectivity index (χ0v) is 16.2. The molecule has 0 bridgehead atoms. The molecule has 26 heavy (non-hydrogen) atoms. The maximum atomic E-state index is 11.9. The van der Waals surface area contributed by atoms with Crippen LogP contribution >= 0.6 is 0 Å². The summed E-state index contributed by atoms with van der Waals surface area (Å²) in [5.74, 6) is -0.107. The number of hydrogen-bond acceptors (Lipinski definition) is 4. The molecule has 2 aromatic rings. The molecule has 142 valence electrons. The number of amides is 1. The van der Waals surface area contributed by atoms with Crippen molar-refractivity contribution >= 4 is 15.9 Å². The molecule has 0 aliphatic heterocycles. The lowest BCUT2D eigenvalue weighted by molar-refractivity contribution is -0.121. The van der Waals surface area contributed by atoms with Crippen LogP contribution in [0.4, 0.5) is 0 Å². The zero-order valence-electron chi connectivity index (χ0n) is 15.4. The quantitative estimate of drug-likeness (QED) is 0.762. The van der Waals surface area contributed by atoms with E-state index in [1.807, 2.05) is 0 Å². The van der Waals surface area contributed by atoms with Gasteiger partial charge in [0.15, 0.2) is 0 Å². The molecule has 1 aromatic carbocycles. The standard InChI is InChI=1S/C18H26N4O3S/c1-18(2,3)15-6-4-14(5-7-15)8-10-20-17(23)9-11-22-13-16(12-21-22)26(19,24)25/h4-7,12-13H,8-11H2,1-3H3,(H,20,23)(H2,19,24,25). The molecule has 1 amide bonds. The number of primary sulfonamides is 1. The Morgan fingerprint density at radius 2 is 1.88 bits per heavy atom. The SMILES string of the molecule is CC(C)(C)c1ccc(CCNC(=O)CCn2cc(S(N)(=O)=O)cn2)cc1. The Bertz CT molecular complexity index is 849. The van der Waals surface area contributed by atoms with Crippen molar-refractivity contribution in [2.75, 3.05) is 6.54 Å². The molecule has 7 nitrogen and oxygen atoms in total. The molecule has 0 unspecified atom stereocenters. The van der Waals surface area contributed by atoms with Crippen LogP contribution in [0, 0.1) is 0 Å². The number of nitrogens with zero attached hydrogens (tertiary/aromatic N) is 2. The summed E-state index contributed by atoms with van der Waals surface area (Å²) in [7, 11) is -3.76. The van der Waals surface area contributed by atoms with Gasteiger partial charge in [-0.15, -0.1) is 0 Å². The summed E-state index contributed by atoms with van der Waals surface area (Å²) in [4.78, 5) is 11.8.